The minimum Gasteiger partial charge on any atom is -0.388 e. The zero-order valence-corrected chi connectivity index (χ0v) is 15.3. The van der Waals surface area contributed by atoms with E-state index in [0.717, 1.165) is 51.3 Å². The molecule has 1 heterocycles. The lowest BCUT2D eigenvalue weighted by molar-refractivity contribution is -0.0835. The van der Waals surface area contributed by atoms with Gasteiger partial charge in [0, 0.05) is 25.6 Å². The number of nitrogens with one attached hydrogen (secondary N) is 2. The van der Waals surface area contributed by atoms with Gasteiger partial charge in [-0.15, -0.1) is 0 Å². The van der Waals surface area contributed by atoms with Gasteiger partial charge in [-0.1, -0.05) is 20.8 Å². The van der Waals surface area contributed by atoms with E-state index in [2.05, 4.69) is 43.3 Å². The van der Waals surface area contributed by atoms with Gasteiger partial charge in [0.05, 0.1) is 18.2 Å². The first-order valence-corrected chi connectivity index (χ1v) is 9.20. The molecule has 1 saturated carbocycles. The molecule has 2 rings (SSSR count). The number of ether oxygens (including phenoxy) is 1. The standard InChI is InChI=1S/C18H35N3O2/c1-5-19-16(21-13-18(22)9-7-10-18)20-12-14-8-6-11-23-15(14)17(2,3)4/h14-15,22H,5-13H2,1-4H3,(H2,19,20,21). The first kappa shape index (κ1) is 18.5. The van der Waals surface area contributed by atoms with E-state index in [-0.39, 0.29) is 11.5 Å². The molecule has 0 aromatic heterocycles. The predicted octanol–water partition coefficient (Wildman–Crippen LogP) is 2.30. The molecule has 5 heteroatoms. The zero-order chi connectivity index (χ0) is 16.9. The van der Waals surface area contributed by atoms with Crippen molar-refractivity contribution in [3.05, 3.63) is 0 Å². The van der Waals surface area contributed by atoms with Crippen molar-refractivity contribution in [3.8, 4) is 0 Å². The molecule has 23 heavy (non-hydrogen) atoms. The molecule has 2 fully saturated rings. The highest BCUT2D eigenvalue weighted by Crippen LogP contribution is 2.34. The van der Waals surface area contributed by atoms with Crippen molar-refractivity contribution >= 4 is 5.96 Å². The zero-order valence-electron chi connectivity index (χ0n) is 15.3. The van der Waals surface area contributed by atoms with Crippen LogP contribution in [-0.4, -0.2) is 49.0 Å². The summed E-state index contributed by atoms with van der Waals surface area (Å²) in [7, 11) is 0. The van der Waals surface area contributed by atoms with Gasteiger partial charge in [-0.05, 0) is 44.4 Å². The van der Waals surface area contributed by atoms with Crippen LogP contribution in [0.3, 0.4) is 0 Å². The van der Waals surface area contributed by atoms with Crippen LogP contribution in [0.25, 0.3) is 0 Å². The van der Waals surface area contributed by atoms with Crippen LogP contribution in [0, 0.1) is 11.3 Å². The molecule has 0 aromatic rings. The molecule has 0 radical (unpaired) electrons. The number of hydrogen-bond acceptors (Lipinski definition) is 3. The average molecular weight is 325 g/mol. The van der Waals surface area contributed by atoms with Crippen molar-refractivity contribution < 1.29 is 9.84 Å². The Hall–Kier alpha value is -0.810. The number of nitrogens with zero attached hydrogens (tertiary/aromatic N) is 1. The Morgan fingerprint density at radius 2 is 2.00 bits per heavy atom. The van der Waals surface area contributed by atoms with E-state index >= 15 is 0 Å². The van der Waals surface area contributed by atoms with Crippen molar-refractivity contribution in [2.24, 2.45) is 16.3 Å². The molecule has 0 spiro atoms. The minimum absolute atomic E-state index is 0.156. The third kappa shape index (κ3) is 5.35. The fraction of sp³-hybridized carbons (Fsp3) is 0.944. The molecule has 3 N–H and O–H groups in total. The van der Waals surface area contributed by atoms with Crippen molar-refractivity contribution in [1.82, 2.24) is 10.6 Å². The largest absolute Gasteiger partial charge is 0.388 e. The summed E-state index contributed by atoms with van der Waals surface area (Å²) in [6.45, 7) is 11.9. The fourth-order valence-electron chi connectivity index (χ4n) is 3.55. The van der Waals surface area contributed by atoms with Crippen molar-refractivity contribution in [2.45, 2.75) is 71.5 Å². The highest BCUT2D eigenvalue weighted by atomic mass is 16.5. The van der Waals surface area contributed by atoms with Crippen LogP contribution in [0.5, 0.6) is 0 Å². The number of guanidine groups is 1. The Bertz CT molecular complexity index is 400. The van der Waals surface area contributed by atoms with Crippen LogP contribution >= 0.6 is 0 Å². The summed E-state index contributed by atoms with van der Waals surface area (Å²) in [6.07, 6.45) is 5.46. The molecule has 1 aliphatic carbocycles. The Kier molecular flexibility index (Phi) is 6.32. The predicted molar refractivity (Wildman–Crippen MR) is 94.7 cm³/mol. The second-order valence-corrected chi connectivity index (χ2v) is 8.21. The number of rotatable bonds is 5. The van der Waals surface area contributed by atoms with Crippen molar-refractivity contribution in [2.75, 3.05) is 26.2 Å². The van der Waals surface area contributed by atoms with E-state index in [4.69, 9.17) is 4.74 Å². The van der Waals surface area contributed by atoms with Gasteiger partial charge in [0.25, 0.3) is 0 Å². The van der Waals surface area contributed by atoms with Gasteiger partial charge in [-0.2, -0.15) is 0 Å². The van der Waals surface area contributed by atoms with E-state index in [9.17, 15) is 5.11 Å². The normalized spacial score (nSPS) is 28.1. The molecule has 2 unspecified atom stereocenters. The van der Waals surface area contributed by atoms with Crippen LogP contribution in [0.15, 0.2) is 4.99 Å². The van der Waals surface area contributed by atoms with E-state index in [1.807, 2.05) is 0 Å². The molecule has 5 nitrogen and oxygen atoms in total. The lowest BCUT2D eigenvalue weighted by atomic mass is 9.78. The minimum atomic E-state index is -0.565. The Labute approximate surface area is 141 Å². The van der Waals surface area contributed by atoms with Gasteiger partial charge in [-0.3, -0.25) is 4.99 Å². The summed E-state index contributed by atoms with van der Waals surface area (Å²) < 4.78 is 6.05. The maximum Gasteiger partial charge on any atom is 0.191 e. The molecular formula is C18H35N3O2. The Morgan fingerprint density at radius 1 is 1.26 bits per heavy atom. The SMILES string of the molecule is CCNC(=NCC1(O)CCC1)NCC1CCCOC1C(C)(C)C. The number of aliphatic hydroxyl groups is 1. The van der Waals surface area contributed by atoms with Gasteiger partial charge in [0.15, 0.2) is 5.96 Å². The first-order valence-electron chi connectivity index (χ1n) is 9.20. The van der Waals surface area contributed by atoms with E-state index < -0.39 is 5.60 Å². The second-order valence-electron chi connectivity index (χ2n) is 8.21. The molecule has 1 saturated heterocycles. The van der Waals surface area contributed by atoms with Gasteiger partial charge in [-0.25, -0.2) is 0 Å². The maximum atomic E-state index is 10.2. The number of aliphatic imine (C=N–C) groups is 1. The van der Waals surface area contributed by atoms with Gasteiger partial charge >= 0.3 is 0 Å². The van der Waals surface area contributed by atoms with Crippen LogP contribution in [0.1, 0.15) is 59.8 Å². The Morgan fingerprint density at radius 3 is 2.57 bits per heavy atom. The van der Waals surface area contributed by atoms with E-state index in [1.165, 1.54) is 6.42 Å². The third-order valence-corrected chi connectivity index (χ3v) is 4.99. The molecular weight excluding hydrogens is 290 g/mol. The number of hydrogen-bond donors (Lipinski definition) is 3. The molecule has 0 aromatic carbocycles. The summed E-state index contributed by atoms with van der Waals surface area (Å²) in [6, 6.07) is 0. The van der Waals surface area contributed by atoms with Crippen LogP contribution in [-0.2, 0) is 4.74 Å². The highest BCUT2D eigenvalue weighted by Gasteiger charge is 2.36. The molecule has 2 atom stereocenters. The van der Waals surface area contributed by atoms with Gasteiger partial charge in [0.1, 0.15) is 0 Å². The highest BCUT2D eigenvalue weighted by molar-refractivity contribution is 5.79. The van der Waals surface area contributed by atoms with E-state index in [0.29, 0.717) is 12.5 Å². The van der Waals surface area contributed by atoms with E-state index in [1.54, 1.807) is 0 Å². The average Bonchev–Trinajstić information content (AvgIpc) is 2.47. The Balaban J connectivity index is 1.90. The second kappa shape index (κ2) is 7.84. The summed E-state index contributed by atoms with van der Waals surface area (Å²) in [5.74, 6) is 1.31. The molecule has 1 aliphatic heterocycles. The molecule has 134 valence electrons. The van der Waals surface area contributed by atoms with Crippen LogP contribution < -0.4 is 10.6 Å². The van der Waals surface area contributed by atoms with Crippen LogP contribution in [0.2, 0.25) is 0 Å². The van der Waals surface area contributed by atoms with Gasteiger partial charge < -0.3 is 20.5 Å². The fourth-order valence-corrected chi connectivity index (χ4v) is 3.55. The lowest BCUT2D eigenvalue weighted by Crippen LogP contribution is -2.48. The molecule has 0 bridgehead atoms. The quantitative estimate of drug-likeness (QED) is 0.536. The van der Waals surface area contributed by atoms with Crippen LogP contribution in [0.4, 0.5) is 0 Å². The van der Waals surface area contributed by atoms with Crippen molar-refractivity contribution in [3.63, 3.8) is 0 Å². The smallest absolute Gasteiger partial charge is 0.191 e. The monoisotopic (exact) mass is 325 g/mol. The van der Waals surface area contributed by atoms with Crippen molar-refractivity contribution in [1.29, 1.82) is 0 Å². The summed E-state index contributed by atoms with van der Waals surface area (Å²) >= 11 is 0. The van der Waals surface area contributed by atoms with Gasteiger partial charge in [0.2, 0.25) is 0 Å². The maximum absolute atomic E-state index is 10.2. The third-order valence-electron chi connectivity index (χ3n) is 4.99. The summed E-state index contributed by atoms with van der Waals surface area (Å²) in [5, 5.41) is 17.0. The topological polar surface area (TPSA) is 65.9 Å². The summed E-state index contributed by atoms with van der Waals surface area (Å²) in [5.41, 5.74) is -0.409. The molecule has 0 amide bonds. The first-order chi connectivity index (χ1) is 10.8. The summed E-state index contributed by atoms with van der Waals surface area (Å²) in [4.78, 5) is 4.58. The molecule has 2 aliphatic rings. The lowest BCUT2D eigenvalue weighted by Gasteiger charge is -2.40.